The highest BCUT2D eigenvalue weighted by Gasteiger charge is 2.32. The molecule has 0 aliphatic carbocycles. The molecular formula is C10H21NO4. The van der Waals surface area contributed by atoms with Gasteiger partial charge in [0.05, 0.1) is 6.61 Å². The molecule has 2 unspecified atom stereocenters. The number of aliphatic hydroxyl groups is 2. The summed E-state index contributed by atoms with van der Waals surface area (Å²) in [5.74, 6) is -0.291. The largest absolute Gasteiger partial charge is 0.393 e. The lowest BCUT2D eigenvalue weighted by Crippen LogP contribution is -2.51. The van der Waals surface area contributed by atoms with E-state index >= 15 is 0 Å². The number of ether oxygens (including phenoxy) is 1. The number of aliphatic hydroxyl groups excluding tert-OH is 1. The Morgan fingerprint density at radius 2 is 2.00 bits per heavy atom. The van der Waals surface area contributed by atoms with E-state index in [4.69, 9.17) is 9.84 Å². The van der Waals surface area contributed by atoms with Gasteiger partial charge in [-0.25, -0.2) is 0 Å². The highest BCUT2D eigenvalue weighted by Crippen LogP contribution is 2.14. The third-order valence-electron chi connectivity index (χ3n) is 2.58. The standard InChI is InChI=1S/C10H21NO4/c1-5-10(3,15-4)8(13)11-6-9(2,14)7-12/h12,14H,5-7H2,1-4H3,(H,11,13). The molecule has 0 aliphatic rings. The van der Waals surface area contributed by atoms with Gasteiger partial charge in [0, 0.05) is 13.7 Å². The van der Waals surface area contributed by atoms with Crippen molar-refractivity contribution in [1.29, 1.82) is 0 Å². The number of carbonyl (C=O) groups excluding carboxylic acids is 1. The molecule has 0 fully saturated rings. The predicted molar refractivity (Wildman–Crippen MR) is 56.4 cm³/mol. The summed E-state index contributed by atoms with van der Waals surface area (Å²) in [6.45, 7) is 4.57. The summed E-state index contributed by atoms with van der Waals surface area (Å²) >= 11 is 0. The van der Waals surface area contributed by atoms with Gasteiger partial charge in [0.2, 0.25) is 0 Å². The Morgan fingerprint density at radius 3 is 2.33 bits per heavy atom. The van der Waals surface area contributed by atoms with Crippen LogP contribution in [-0.2, 0) is 9.53 Å². The van der Waals surface area contributed by atoms with Crippen LogP contribution in [-0.4, -0.2) is 47.6 Å². The van der Waals surface area contributed by atoms with Crippen LogP contribution in [0.4, 0.5) is 0 Å². The number of hydrogen-bond acceptors (Lipinski definition) is 4. The molecule has 5 heteroatoms. The fourth-order valence-corrected chi connectivity index (χ4v) is 0.911. The zero-order valence-corrected chi connectivity index (χ0v) is 9.83. The zero-order valence-electron chi connectivity index (χ0n) is 9.83. The van der Waals surface area contributed by atoms with Crippen molar-refractivity contribution in [3.63, 3.8) is 0 Å². The van der Waals surface area contributed by atoms with Crippen molar-refractivity contribution >= 4 is 5.91 Å². The predicted octanol–water partition coefficient (Wildman–Crippen LogP) is -0.339. The fraction of sp³-hybridized carbons (Fsp3) is 0.900. The molecule has 0 radical (unpaired) electrons. The molecule has 1 amide bonds. The van der Waals surface area contributed by atoms with E-state index in [1.807, 2.05) is 6.92 Å². The van der Waals surface area contributed by atoms with Crippen LogP contribution in [0.25, 0.3) is 0 Å². The monoisotopic (exact) mass is 219 g/mol. The van der Waals surface area contributed by atoms with E-state index < -0.39 is 17.8 Å². The van der Waals surface area contributed by atoms with Crippen molar-refractivity contribution in [3.8, 4) is 0 Å². The van der Waals surface area contributed by atoms with Gasteiger partial charge in [-0.1, -0.05) is 6.92 Å². The van der Waals surface area contributed by atoms with E-state index in [1.54, 1.807) is 6.92 Å². The minimum Gasteiger partial charge on any atom is -0.393 e. The van der Waals surface area contributed by atoms with Gasteiger partial charge < -0.3 is 20.3 Å². The summed E-state index contributed by atoms with van der Waals surface area (Å²) < 4.78 is 5.09. The first kappa shape index (κ1) is 14.3. The number of carbonyl (C=O) groups is 1. The van der Waals surface area contributed by atoms with Crippen LogP contribution in [0, 0.1) is 0 Å². The van der Waals surface area contributed by atoms with Gasteiger partial charge in [-0.15, -0.1) is 0 Å². The van der Waals surface area contributed by atoms with Crippen LogP contribution in [0.15, 0.2) is 0 Å². The average Bonchev–Trinajstić information content (AvgIpc) is 2.24. The molecular weight excluding hydrogens is 198 g/mol. The molecule has 0 aromatic carbocycles. The maximum atomic E-state index is 11.7. The smallest absolute Gasteiger partial charge is 0.252 e. The summed E-state index contributed by atoms with van der Waals surface area (Å²) in [5, 5.41) is 20.8. The lowest BCUT2D eigenvalue weighted by molar-refractivity contribution is -0.143. The SMILES string of the molecule is CCC(C)(OC)C(=O)NCC(C)(O)CO. The molecule has 0 saturated heterocycles. The van der Waals surface area contributed by atoms with Crippen molar-refractivity contribution in [2.45, 2.75) is 38.4 Å². The Bertz CT molecular complexity index is 211. The van der Waals surface area contributed by atoms with E-state index in [1.165, 1.54) is 14.0 Å². The second-order valence-electron chi connectivity index (χ2n) is 4.13. The summed E-state index contributed by atoms with van der Waals surface area (Å²) in [6.07, 6.45) is 0.538. The van der Waals surface area contributed by atoms with E-state index in [9.17, 15) is 9.90 Å². The first-order valence-corrected chi connectivity index (χ1v) is 4.98. The molecule has 2 atom stereocenters. The molecule has 0 saturated carbocycles. The van der Waals surface area contributed by atoms with Crippen LogP contribution >= 0.6 is 0 Å². The Morgan fingerprint density at radius 1 is 1.47 bits per heavy atom. The van der Waals surface area contributed by atoms with E-state index in [0.717, 1.165) is 0 Å². The molecule has 5 nitrogen and oxygen atoms in total. The first-order valence-electron chi connectivity index (χ1n) is 4.98. The number of amides is 1. The van der Waals surface area contributed by atoms with Gasteiger partial charge in [0.15, 0.2) is 0 Å². The van der Waals surface area contributed by atoms with Gasteiger partial charge in [0.1, 0.15) is 11.2 Å². The molecule has 0 aromatic rings. The number of nitrogens with one attached hydrogen (secondary N) is 1. The van der Waals surface area contributed by atoms with Crippen molar-refractivity contribution in [2.24, 2.45) is 0 Å². The Kier molecular flexibility index (Phi) is 5.20. The second-order valence-corrected chi connectivity index (χ2v) is 4.13. The number of hydrogen-bond donors (Lipinski definition) is 3. The van der Waals surface area contributed by atoms with Crippen LogP contribution in [0.3, 0.4) is 0 Å². The molecule has 3 N–H and O–H groups in total. The highest BCUT2D eigenvalue weighted by atomic mass is 16.5. The van der Waals surface area contributed by atoms with Gasteiger partial charge >= 0.3 is 0 Å². The topological polar surface area (TPSA) is 78.8 Å². The van der Waals surface area contributed by atoms with Crippen LogP contribution in [0.5, 0.6) is 0 Å². The van der Waals surface area contributed by atoms with Crippen molar-refractivity contribution in [2.75, 3.05) is 20.3 Å². The van der Waals surface area contributed by atoms with Crippen LogP contribution in [0.2, 0.25) is 0 Å². The van der Waals surface area contributed by atoms with Crippen LogP contribution in [0.1, 0.15) is 27.2 Å². The zero-order chi connectivity index (χ0) is 12.1. The quantitative estimate of drug-likeness (QED) is 0.571. The summed E-state index contributed by atoms with van der Waals surface area (Å²) in [4.78, 5) is 11.7. The molecule has 0 heterocycles. The molecule has 0 bridgehead atoms. The summed E-state index contributed by atoms with van der Waals surface area (Å²) in [6, 6.07) is 0. The summed E-state index contributed by atoms with van der Waals surface area (Å²) in [5.41, 5.74) is -2.18. The molecule has 0 spiro atoms. The first-order chi connectivity index (χ1) is 6.81. The van der Waals surface area contributed by atoms with Gasteiger partial charge in [0.25, 0.3) is 5.91 Å². The Hall–Kier alpha value is -0.650. The van der Waals surface area contributed by atoms with E-state index in [0.29, 0.717) is 6.42 Å². The van der Waals surface area contributed by atoms with Crippen molar-refractivity contribution < 1.29 is 19.7 Å². The minimum atomic E-state index is -1.29. The lowest BCUT2D eigenvalue weighted by atomic mass is 10.0. The average molecular weight is 219 g/mol. The molecule has 15 heavy (non-hydrogen) atoms. The van der Waals surface area contributed by atoms with Gasteiger partial charge in [-0.2, -0.15) is 0 Å². The molecule has 90 valence electrons. The third-order valence-corrected chi connectivity index (χ3v) is 2.58. The Balaban J connectivity index is 4.26. The third kappa shape index (κ3) is 4.15. The molecule has 0 aliphatic heterocycles. The maximum Gasteiger partial charge on any atom is 0.252 e. The number of rotatable bonds is 6. The van der Waals surface area contributed by atoms with Crippen molar-refractivity contribution in [1.82, 2.24) is 5.32 Å². The maximum absolute atomic E-state index is 11.7. The van der Waals surface area contributed by atoms with Crippen molar-refractivity contribution in [3.05, 3.63) is 0 Å². The number of methoxy groups -OCH3 is 1. The molecule has 0 aromatic heterocycles. The summed E-state index contributed by atoms with van der Waals surface area (Å²) in [7, 11) is 1.47. The normalized spacial score (nSPS) is 19.1. The fourth-order valence-electron chi connectivity index (χ4n) is 0.911. The van der Waals surface area contributed by atoms with Gasteiger partial charge in [-0.3, -0.25) is 4.79 Å². The molecule has 0 rings (SSSR count). The van der Waals surface area contributed by atoms with E-state index in [-0.39, 0.29) is 12.5 Å². The minimum absolute atomic E-state index is 0.00127. The van der Waals surface area contributed by atoms with E-state index in [2.05, 4.69) is 5.32 Å². The lowest BCUT2D eigenvalue weighted by Gasteiger charge is -2.28. The van der Waals surface area contributed by atoms with Gasteiger partial charge in [-0.05, 0) is 20.3 Å². The van der Waals surface area contributed by atoms with Crippen LogP contribution < -0.4 is 5.32 Å². The Labute approximate surface area is 90.4 Å². The highest BCUT2D eigenvalue weighted by molar-refractivity contribution is 5.84. The second kappa shape index (κ2) is 5.44.